The standard InChI is InChI=1S/C8H13NO3S/c1-6(2)13(10,11)5-8-9-7(3)4-12-8/h4,6H,5H2,1-3H3. The largest absolute Gasteiger partial charge is 0.448 e. The first-order valence-corrected chi connectivity index (χ1v) is 5.76. The van der Waals surface area contributed by atoms with Gasteiger partial charge in [0.1, 0.15) is 12.0 Å². The van der Waals surface area contributed by atoms with Crippen LogP contribution in [0.15, 0.2) is 10.7 Å². The van der Waals surface area contributed by atoms with E-state index in [-0.39, 0.29) is 16.9 Å². The topological polar surface area (TPSA) is 60.2 Å². The van der Waals surface area contributed by atoms with Gasteiger partial charge >= 0.3 is 0 Å². The quantitative estimate of drug-likeness (QED) is 0.743. The van der Waals surface area contributed by atoms with Gasteiger partial charge in [-0.05, 0) is 20.8 Å². The van der Waals surface area contributed by atoms with Crippen molar-refractivity contribution in [2.24, 2.45) is 0 Å². The summed E-state index contributed by atoms with van der Waals surface area (Å²) in [5.74, 6) is 0.157. The fourth-order valence-electron chi connectivity index (χ4n) is 0.808. The number of aromatic nitrogens is 1. The van der Waals surface area contributed by atoms with Gasteiger partial charge in [0.15, 0.2) is 9.84 Å². The summed E-state index contributed by atoms with van der Waals surface area (Å²) in [5, 5.41) is -0.389. The molecule has 13 heavy (non-hydrogen) atoms. The molecule has 0 atom stereocenters. The summed E-state index contributed by atoms with van der Waals surface area (Å²) in [6, 6.07) is 0. The van der Waals surface area contributed by atoms with Crippen LogP contribution in [0.1, 0.15) is 25.4 Å². The summed E-state index contributed by atoms with van der Waals surface area (Å²) >= 11 is 0. The molecule has 1 heterocycles. The molecule has 0 unspecified atom stereocenters. The molecule has 1 aromatic rings. The molecule has 0 spiro atoms. The number of oxazole rings is 1. The smallest absolute Gasteiger partial charge is 0.209 e. The van der Waals surface area contributed by atoms with Crippen LogP contribution in [0.3, 0.4) is 0 Å². The van der Waals surface area contributed by atoms with E-state index in [9.17, 15) is 8.42 Å². The van der Waals surface area contributed by atoms with E-state index in [2.05, 4.69) is 4.98 Å². The zero-order valence-corrected chi connectivity index (χ0v) is 8.76. The number of nitrogens with zero attached hydrogens (tertiary/aromatic N) is 1. The van der Waals surface area contributed by atoms with Gasteiger partial charge in [-0.3, -0.25) is 0 Å². The second-order valence-corrected chi connectivity index (χ2v) is 5.80. The van der Waals surface area contributed by atoms with E-state index in [0.717, 1.165) is 0 Å². The maximum absolute atomic E-state index is 11.4. The van der Waals surface area contributed by atoms with Crippen molar-refractivity contribution in [3.8, 4) is 0 Å². The molecule has 74 valence electrons. The summed E-state index contributed by atoms with van der Waals surface area (Å²) in [5.41, 5.74) is 0.703. The van der Waals surface area contributed by atoms with Gasteiger partial charge in [-0.2, -0.15) is 0 Å². The lowest BCUT2D eigenvalue weighted by molar-refractivity contribution is 0.506. The summed E-state index contributed by atoms with van der Waals surface area (Å²) < 4.78 is 27.8. The van der Waals surface area contributed by atoms with Gasteiger partial charge in [0.05, 0.1) is 10.9 Å². The SMILES string of the molecule is Cc1coc(CS(=O)(=O)C(C)C)n1. The summed E-state index contributed by atoms with van der Waals surface area (Å²) in [7, 11) is -3.09. The Morgan fingerprint density at radius 2 is 2.15 bits per heavy atom. The number of hydrogen-bond donors (Lipinski definition) is 0. The lowest BCUT2D eigenvalue weighted by Gasteiger charge is -2.03. The van der Waals surface area contributed by atoms with Crippen LogP contribution in [0, 0.1) is 6.92 Å². The zero-order chi connectivity index (χ0) is 10.1. The maximum atomic E-state index is 11.4. The second-order valence-electron chi connectivity index (χ2n) is 3.24. The van der Waals surface area contributed by atoms with Crippen molar-refractivity contribution in [3.05, 3.63) is 17.8 Å². The number of hydrogen-bond acceptors (Lipinski definition) is 4. The highest BCUT2D eigenvalue weighted by atomic mass is 32.2. The molecule has 0 saturated carbocycles. The first kappa shape index (κ1) is 10.2. The molecule has 1 aromatic heterocycles. The third-order valence-corrected chi connectivity index (χ3v) is 3.80. The van der Waals surface area contributed by atoms with Crippen LogP contribution < -0.4 is 0 Å². The predicted octanol–water partition coefficient (Wildman–Crippen LogP) is 1.31. The van der Waals surface area contributed by atoms with Crippen LogP contribution in [0.4, 0.5) is 0 Å². The van der Waals surface area contributed by atoms with E-state index in [1.54, 1.807) is 20.8 Å². The van der Waals surface area contributed by atoms with E-state index >= 15 is 0 Å². The Balaban J connectivity index is 2.81. The van der Waals surface area contributed by atoms with Crippen molar-refractivity contribution in [2.45, 2.75) is 31.8 Å². The van der Waals surface area contributed by atoms with Crippen LogP contribution in [0.25, 0.3) is 0 Å². The highest BCUT2D eigenvalue weighted by Gasteiger charge is 2.19. The average molecular weight is 203 g/mol. The summed E-state index contributed by atoms with van der Waals surface area (Å²) in [6.45, 7) is 5.05. The summed E-state index contributed by atoms with van der Waals surface area (Å²) in [4.78, 5) is 3.93. The van der Waals surface area contributed by atoms with Gasteiger partial charge in [-0.1, -0.05) is 0 Å². The monoisotopic (exact) mass is 203 g/mol. The Kier molecular flexibility index (Phi) is 2.75. The van der Waals surface area contributed by atoms with Crippen LogP contribution in [-0.2, 0) is 15.6 Å². The van der Waals surface area contributed by atoms with Crippen molar-refractivity contribution in [2.75, 3.05) is 0 Å². The number of aryl methyl sites for hydroxylation is 1. The Morgan fingerprint density at radius 1 is 1.54 bits per heavy atom. The molecule has 0 aliphatic rings. The van der Waals surface area contributed by atoms with Crippen molar-refractivity contribution in [1.29, 1.82) is 0 Å². The van der Waals surface area contributed by atoms with Crippen molar-refractivity contribution >= 4 is 9.84 Å². The Hall–Kier alpha value is -0.840. The molecule has 0 aromatic carbocycles. The average Bonchev–Trinajstić information content (AvgIpc) is 2.34. The minimum absolute atomic E-state index is 0.113. The fourth-order valence-corrected chi connectivity index (χ4v) is 1.62. The zero-order valence-electron chi connectivity index (χ0n) is 7.94. The van der Waals surface area contributed by atoms with E-state index in [1.165, 1.54) is 6.26 Å². The van der Waals surface area contributed by atoms with Gasteiger partial charge in [-0.15, -0.1) is 0 Å². The van der Waals surface area contributed by atoms with E-state index in [1.807, 2.05) is 0 Å². The van der Waals surface area contributed by atoms with Gasteiger partial charge < -0.3 is 4.42 Å². The van der Waals surface area contributed by atoms with Gasteiger partial charge in [-0.25, -0.2) is 13.4 Å². The molecule has 0 fully saturated rings. The molecule has 1 rings (SSSR count). The molecule has 0 saturated heterocycles. The molecule has 5 heteroatoms. The van der Waals surface area contributed by atoms with Crippen LogP contribution in [0.5, 0.6) is 0 Å². The predicted molar refractivity (Wildman–Crippen MR) is 49.0 cm³/mol. The Labute approximate surface area is 77.9 Å². The Morgan fingerprint density at radius 3 is 2.54 bits per heavy atom. The fraction of sp³-hybridized carbons (Fsp3) is 0.625. The number of sulfone groups is 1. The minimum atomic E-state index is -3.09. The molecule has 0 aliphatic heterocycles. The van der Waals surface area contributed by atoms with Gasteiger partial charge in [0, 0.05) is 0 Å². The molecule has 0 radical (unpaired) electrons. The molecule has 4 nitrogen and oxygen atoms in total. The van der Waals surface area contributed by atoms with Crippen molar-refractivity contribution in [3.63, 3.8) is 0 Å². The van der Waals surface area contributed by atoms with E-state index in [4.69, 9.17) is 4.42 Å². The minimum Gasteiger partial charge on any atom is -0.448 e. The number of rotatable bonds is 3. The van der Waals surface area contributed by atoms with Crippen LogP contribution >= 0.6 is 0 Å². The van der Waals surface area contributed by atoms with E-state index < -0.39 is 9.84 Å². The highest BCUT2D eigenvalue weighted by molar-refractivity contribution is 7.91. The molecule has 0 aliphatic carbocycles. The van der Waals surface area contributed by atoms with Crippen molar-refractivity contribution < 1.29 is 12.8 Å². The normalized spacial score (nSPS) is 12.3. The lowest BCUT2D eigenvalue weighted by Crippen LogP contribution is -2.16. The lowest BCUT2D eigenvalue weighted by atomic mass is 10.6. The maximum Gasteiger partial charge on any atom is 0.209 e. The Bertz CT molecular complexity index is 378. The van der Waals surface area contributed by atoms with Crippen molar-refractivity contribution in [1.82, 2.24) is 4.98 Å². The molecular formula is C8H13NO3S. The molecule has 0 amide bonds. The highest BCUT2D eigenvalue weighted by Crippen LogP contribution is 2.10. The van der Waals surface area contributed by atoms with Gasteiger partial charge in [0.25, 0.3) is 0 Å². The summed E-state index contributed by atoms with van der Waals surface area (Å²) in [6.07, 6.45) is 1.45. The third kappa shape index (κ3) is 2.55. The first-order valence-electron chi connectivity index (χ1n) is 4.04. The third-order valence-electron chi connectivity index (χ3n) is 1.71. The van der Waals surface area contributed by atoms with E-state index in [0.29, 0.717) is 5.69 Å². The molecule has 0 bridgehead atoms. The van der Waals surface area contributed by atoms with Crippen LogP contribution in [-0.4, -0.2) is 18.7 Å². The molecular weight excluding hydrogens is 190 g/mol. The molecule has 0 N–H and O–H groups in total. The first-order chi connectivity index (χ1) is 5.92. The van der Waals surface area contributed by atoms with Gasteiger partial charge in [0.2, 0.25) is 5.89 Å². The second kappa shape index (κ2) is 3.49. The van der Waals surface area contributed by atoms with Crippen LogP contribution in [0.2, 0.25) is 0 Å².